The van der Waals surface area contributed by atoms with Gasteiger partial charge in [0.25, 0.3) is 0 Å². The molecular weight excluding hydrogens is 522 g/mol. The molecule has 8 heteroatoms. The maximum atomic E-state index is 12.2. The van der Waals surface area contributed by atoms with E-state index >= 15 is 0 Å². The first kappa shape index (κ1) is 25.4. The molecule has 4 aromatic carbocycles. The number of hydrogen-bond donors (Lipinski definition) is 1. The van der Waals surface area contributed by atoms with Gasteiger partial charge in [-0.25, -0.2) is 9.67 Å². The number of rotatable bonds is 8. The van der Waals surface area contributed by atoms with E-state index < -0.39 is 12.7 Å². The van der Waals surface area contributed by atoms with Crippen molar-refractivity contribution >= 4 is 46.2 Å². The Morgan fingerprint density at radius 2 is 1.32 bits per heavy atom. The van der Waals surface area contributed by atoms with Crippen molar-refractivity contribution in [1.82, 2.24) is 14.8 Å². The molecule has 1 aromatic heterocycles. The smallest absolute Gasteiger partial charge is 0.137 e. The van der Waals surface area contributed by atoms with E-state index in [-0.39, 0.29) is 13.1 Å². The van der Waals surface area contributed by atoms with Crippen molar-refractivity contribution < 1.29 is 5.11 Å². The second kappa shape index (κ2) is 11.0. The average molecular weight is 547 g/mol. The topological polar surface area (TPSA) is 63.3 Å². The van der Waals surface area contributed by atoms with Crippen molar-refractivity contribution in [1.29, 1.82) is 0 Å². The Hall–Kier alpha value is -3.21. The second-order valence-electron chi connectivity index (χ2n) is 8.69. The number of aliphatic hydroxyl groups is 1. The van der Waals surface area contributed by atoms with Gasteiger partial charge < -0.3 is 5.11 Å². The number of aromatic nitrogens is 3. The molecule has 37 heavy (non-hydrogen) atoms. The summed E-state index contributed by atoms with van der Waals surface area (Å²) in [4.78, 5) is 4.05. The van der Waals surface area contributed by atoms with E-state index in [1.807, 2.05) is 54.6 Å². The van der Waals surface area contributed by atoms with Crippen LogP contribution in [0.2, 0.25) is 10.0 Å². The van der Waals surface area contributed by atoms with E-state index in [2.05, 4.69) is 46.5 Å². The lowest BCUT2D eigenvalue weighted by molar-refractivity contribution is 0.0250. The van der Waals surface area contributed by atoms with Gasteiger partial charge in [0.2, 0.25) is 0 Å². The lowest BCUT2D eigenvalue weighted by atomic mass is 9.94. The predicted molar refractivity (Wildman–Crippen MR) is 153 cm³/mol. The third kappa shape index (κ3) is 5.27. The van der Waals surface area contributed by atoms with Crippen LogP contribution in [0.5, 0.6) is 0 Å². The Bertz CT molecular complexity index is 1410. The quantitative estimate of drug-likeness (QED) is 0.256. The Morgan fingerprint density at radius 3 is 1.78 bits per heavy atom. The van der Waals surface area contributed by atoms with Crippen molar-refractivity contribution in [3.63, 3.8) is 0 Å². The molecule has 5 rings (SSSR count). The molecule has 0 aliphatic rings. The molecule has 1 atom stereocenters. The summed E-state index contributed by atoms with van der Waals surface area (Å²) >= 11 is 12.8. The van der Waals surface area contributed by atoms with Crippen molar-refractivity contribution in [3.05, 3.63) is 137 Å². The van der Waals surface area contributed by atoms with Gasteiger partial charge in [-0.3, -0.25) is 4.74 Å². The first-order chi connectivity index (χ1) is 18.0. The highest BCUT2D eigenvalue weighted by Gasteiger charge is 2.35. The molecule has 0 spiro atoms. The third-order valence-corrected chi connectivity index (χ3v) is 10.5. The van der Waals surface area contributed by atoms with Gasteiger partial charge in [0.1, 0.15) is 18.3 Å². The lowest BCUT2D eigenvalue weighted by Crippen LogP contribution is -2.36. The van der Waals surface area contributed by atoms with E-state index in [9.17, 15) is 5.11 Å². The summed E-state index contributed by atoms with van der Waals surface area (Å²) in [5, 5.41) is 20.6. The summed E-state index contributed by atoms with van der Waals surface area (Å²) in [5.74, 6) is 0. The molecule has 0 saturated heterocycles. The van der Waals surface area contributed by atoms with Crippen LogP contribution in [0.15, 0.2) is 127 Å². The summed E-state index contributed by atoms with van der Waals surface area (Å²) in [6.45, 7) is 0.191. The third-order valence-electron chi connectivity index (χ3n) is 6.26. The van der Waals surface area contributed by atoms with Crippen LogP contribution in [0, 0.1) is 0 Å². The minimum Gasteiger partial charge on any atom is -0.381 e. The van der Waals surface area contributed by atoms with Crippen LogP contribution in [0.4, 0.5) is 0 Å². The molecule has 0 aliphatic carbocycles. The van der Waals surface area contributed by atoms with E-state index in [1.54, 1.807) is 29.2 Å². The van der Waals surface area contributed by atoms with Crippen molar-refractivity contribution in [3.8, 4) is 0 Å². The minimum atomic E-state index is -2.53. The zero-order chi connectivity index (χ0) is 25.7. The van der Waals surface area contributed by atoms with Gasteiger partial charge in [-0.2, -0.15) is 5.10 Å². The van der Waals surface area contributed by atoms with Gasteiger partial charge in [0.15, 0.2) is 0 Å². The van der Waals surface area contributed by atoms with Gasteiger partial charge in [-0.15, -0.1) is 0 Å². The maximum absolute atomic E-state index is 12.2. The normalized spacial score (nSPS) is 13.2. The molecule has 0 saturated carbocycles. The average Bonchev–Trinajstić information content (AvgIpc) is 3.43. The first-order valence-electron chi connectivity index (χ1n) is 11.8. The highest BCUT2D eigenvalue weighted by atomic mass is 35.5. The molecule has 5 nitrogen and oxygen atoms in total. The molecule has 5 aromatic rings. The molecule has 0 aliphatic heterocycles. The van der Waals surface area contributed by atoms with Crippen LogP contribution in [0.1, 0.15) is 5.56 Å². The fourth-order valence-corrected chi connectivity index (χ4v) is 8.74. The van der Waals surface area contributed by atoms with E-state index in [1.165, 1.54) is 6.33 Å². The zero-order valence-corrected chi connectivity index (χ0v) is 22.3. The molecule has 1 heterocycles. The molecule has 186 valence electrons. The van der Waals surface area contributed by atoms with E-state index in [4.69, 9.17) is 27.9 Å². The van der Waals surface area contributed by atoms with Crippen LogP contribution in [0.3, 0.4) is 0 Å². The Morgan fingerprint density at radius 1 is 0.784 bits per heavy atom. The fraction of sp³-hybridized carbons (Fsp3) is 0.103. The molecule has 1 N–H and O–H groups in total. The number of hydrogen-bond acceptors (Lipinski definition) is 4. The Kier molecular flexibility index (Phi) is 7.59. The van der Waals surface area contributed by atoms with Crippen molar-refractivity contribution in [2.24, 2.45) is 4.74 Å². The number of halogens is 2. The summed E-state index contributed by atoms with van der Waals surface area (Å²) in [6.07, 6.45) is 3.01. The molecule has 0 radical (unpaired) electrons. The van der Waals surface area contributed by atoms with Crippen LogP contribution < -0.4 is 15.9 Å². The van der Waals surface area contributed by atoms with E-state index in [0.717, 1.165) is 15.9 Å². The second-order valence-corrected chi connectivity index (χ2v) is 12.6. The molecule has 0 bridgehead atoms. The van der Waals surface area contributed by atoms with E-state index in [0.29, 0.717) is 15.6 Å². The Balaban J connectivity index is 1.76. The SMILES string of the molecule is OC(CN=P(c1ccccc1)(c1ccccc1)c1ccccc1)(Cn1cncn1)c1ccc(Cl)cc1Cl. The largest absolute Gasteiger partial charge is 0.381 e. The highest BCUT2D eigenvalue weighted by molar-refractivity contribution is 7.87. The summed E-state index contributed by atoms with van der Waals surface area (Å²) in [6, 6.07) is 36.0. The number of benzene rings is 4. The first-order valence-corrected chi connectivity index (χ1v) is 14.3. The van der Waals surface area contributed by atoms with Crippen molar-refractivity contribution in [2.45, 2.75) is 12.1 Å². The summed E-state index contributed by atoms with van der Waals surface area (Å²) in [7, 11) is -2.53. The fourth-order valence-electron chi connectivity index (χ4n) is 4.52. The van der Waals surface area contributed by atoms with Gasteiger partial charge in [-0.05, 0) is 12.1 Å². The van der Waals surface area contributed by atoms with Gasteiger partial charge in [0, 0.05) is 31.5 Å². The zero-order valence-electron chi connectivity index (χ0n) is 19.9. The van der Waals surface area contributed by atoms with Crippen LogP contribution in [-0.4, -0.2) is 26.4 Å². The molecule has 0 amide bonds. The summed E-state index contributed by atoms with van der Waals surface area (Å²) < 4.78 is 7.06. The highest BCUT2D eigenvalue weighted by Crippen LogP contribution is 2.47. The lowest BCUT2D eigenvalue weighted by Gasteiger charge is -2.32. The minimum absolute atomic E-state index is 0.0701. The molecular formula is C29H25Cl2N4OP. The van der Waals surface area contributed by atoms with Crippen LogP contribution >= 0.6 is 30.3 Å². The van der Waals surface area contributed by atoms with Gasteiger partial charge in [-0.1, -0.05) is 120 Å². The number of nitrogens with zero attached hydrogens (tertiary/aromatic N) is 4. The summed E-state index contributed by atoms with van der Waals surface area (Å²) in [5.41, 5.74) is -0.941. The van der Waals surface area contributed by atoms with Crippen LogP contribution in [-0.2, 0) is 12.1 Å². The van der Waals surface area contributed by atoms with Gasteiger partial charge in [0.05, 0.1) is 20.1 Å². The monoisotopic (exact) mass is 546 g/mol. The predicted octanol–water partition coefficient (Wildman–Crippen LogP) is 5.65. The van der Waals surface area contributed by atoms with Crippen LogP contribution in [0.25, 0.3) is 0 Å². The van der Waals surface area contributed by atoms with Crippen molar-refractivity contribution in [2.75, 3.05) is 6.54 Å². The molecule has 1 unspecified atom stereocenters. The standard InChI is InChI=1S/C29H25Cl2N4OP/c30-23-16-17-27(28(31)18-23)29(36,20-35-22-32-21-33-35)19-34-37(24-10-4-1-5-11-24,25-12-6-2-7-13-25)26-14-8-3-9-15-26/h1-18,21-22,36H,19-20H2. The maximum Gasteiger partial charge on any atom is 0.137 e. The van der Waals surface area contributed by atoms with Gasteiger partial charge >= 0.3 is 0 Å². The Labute approximate surface area is 226 Å². The molecule has 0 fully saturated rings.